The second-order valence-electron chi connectivity index (χ2n) is 4.27. The molecule has 0 aliphatic heterocycles. The van der Waals surface area contributed by atoms with Crippen molar-refractivity contribution in [2.75, 3.05) is 12.4 Å². The molecule has 0 saturated heterocycles. The Bertz CT molecular complexity index is 676. The number of ether oxygens (including phenoxy) is 1. The Labute approximate surface area is 119 Å². The van der Waals surface area contributed by atoms with Gasteiger partial charge in [0.25, 0.3) is 5.69 Å². The number of hydrogen-bond acceptors (Lipinski definition) is 5. The average Bonchev–Trinajstić information content (AvgIpc) is 2.46. The van der Waals surface area contributed by atoms with Crippen molar-refractivity contribution in [2.24, 2.45) is 0 Å². The van der Waals surface area contributed by atoms with Crippen LogP contribution in [-0.2, 0) is 6.54 Å². The normalized spacial score (nSPS) is 10.2. The molecule has 0 radical (unpaired) electrons. The summed E-state index contributed by atoms with van der Waals surface area (Å²) in [6.45, 7) is 0.195. The fourth-order valence-corrected chi connectivity index (χ4v) is 1.83. The molecule has 0 aromatic heterocycles. The SMILES string of the molecule is COc1cc(CNc2cccc(F)c2)cc([N+](=O)[O-])c1[O-]. The number of hydrogen-bond donors (Lipinski definition) is 1. The van der Waals surface area contributed by atoms with Crippen LogP contribution in [0.5, 0.6) is 11.5 Å². The van der Waals surface area contributed by atoms with Gasteiger partial charge in [0.05, 0.1) is 12.0 Å². The monoisotopic (exact) mass is 291 g/mol. The van der Waals surface area contributed by atoms with Crippen molar-refractivity contribution in [3.63, 3.8) is 0 Å². The summed E-state index contributed by atoms with van der Waals surface area (Å²) in [6.07, 6.45) is 0. The number of anilines is 1. The Morgan fingerprint density at radius 2 is 2.10 bits per heavy atom. The smallest absolute Gasteiger partial charge is 0.265 e. The number of nitrogens with one attached hydrogen (secondary N) is 1. The first kappa shape index (κ1) is 14.6. The van der Waals surface area contributed by atoms with Crippen LogP contribution < -0.4 is 15.2 Å². The third kappa shape index (κ3) is 3.38. The fourth-order valence-electron chi connectivity index (χ4n) is 1.83. The Kier molecular flexibility index (Phi) is 4.22. The number of nitro benzene ring substituents is 1. The highest BCUT2D eigenvalue weighted by atomic mass is 19.1. The molecule has 2 aromatic carbocycles. The Hall–Kier alpha value is -2.83. The van der Waals surface area contributed by atoms with E-state index in [2.05, 4.69) is 5.32 Å². The van der Waals surface area contributed by atoms with Gasteiger partial charge in [-0.1, -0.05) is 6.07 Å². The van der Waals surface area contributed by atoms with Gasteiger partial charge in [-0.25, -0.2) is 4.39 Å². The highest BCUT2D eigenvalue weighted by Crippen LogP contribution is 2.34. The number of benzene rings is 2. The first-order valence-electron chi connectivity index (χ1n) is 6.03. The lowest BCUT2D eigenvalue weighted by Gasteiger charge is -2.15. The molecule has 0 aliphatic rings. The largest absolute Gasteiger partial charge is 0.865 e. The molecule has 0 saturated carbocycles. The van der Waals surface area contributed by atoms with E-state index in [0.29, 0.717) is 11.3 Å². The van der Waals surface area contributed by atoms with Gasteiger partial charge in [0.2, 0.25) is 0 Å². The summed E-state index contributed by atoms with van der Waals surface area (Å²) < 4.78 is 17.9. The lowest BCUT2D eigenvalue weighted by molar-refractivity contribution is -0.398. The summed E-state index contributed by atoms with van der Waals surface area (Å²) in [5.41, 5.74) is 0.468. The van der Waals surface area contributed by atoms with E-state index in [4.69, 9.17) is 4.74 Å². The summed E-state index contributed by atoms with van der Waals surface area (Å²) >= 11 is 0. The molecule has 0 fully saturated rings. The van der Waals surface area contributed by atoms with Crippen LogP contribution in [0.1, 0.15) is 5.56 Å². The molecule has 0 heterocycles. The topological polar surface area (TPSA) is 87.5 Å². The number of methoxy groups -OCH3 is 1. The van der Waals surface area contributed by atoms with Crippen molar-refractivity contribution >= 4 is 11.4 Å². The zero-order chi connectivity index (χ0) is 15.4. The predicted octanol–water partition coefficient (Wildman–Crippen LogP) is 2.43. The maximum absolute atomic E-state index is 13.0. The molecule has 0 unspecified atom stereocenters. The molecule has 2 rings (SSSR count). The van der Waals surface area contributed by atoms with Crippen LogP contribution in [0.4, 0.5) is 15.8 Å². The average molecular weight is 291 g/mol. The molecule has 21 heavy (non-hydrogen) atoms. The molecule has 1 N–H and O–H groups in total. The van der Waals surface area contributed by atoms with E-state index >= 15 is 0 Å². The Morgan fingerprint density at radius 3 is 2.71 bits per heavy atom. The number of nitro groups is 1. The van der Waals surface area contributed by atoms with Gasteiger partial charge >= 0.3 is 0 Å². The number of halogens is 1. The molecular formula is C14H12FN2O4-. The van der Waals surface area contributed by atoms with Gasteiger partial charge in [0, 0.05) is 24.0 Å². The molecule has 2 aromatic rings. The van der Waals surface area contributed by atoms with Crippen LogP contribution in [0.25, 0.3) is 0 Å². The molecule has 0 amide bonds. The molecule has 110 valence electrons. The quantitative estimate of drug-likeness (QED) is 0.675. The van der Waals surface area contributed by atoms with Gasteiger partial charge in [-0.05, 0) is 29.8 Å². The minimum absolute atomic E-state index is 0.0970. The summed E-state index contributed by atoms with van der Waals surface area (Å²) in [5, 5.41) is 25.4. The van der Waals surface area contributed by atoms with Crippen LogP contribution in [0, 0.1) is 15.9 Å². The number of rotatable bonds is 5. The zero-order valence-electron chi connectivity index (χ0n) is 11.1. The first-order valence-corrected chi connectivity index (χ1v) is 6.03. The summed E-state index contributed by atoms with van der Waals surface area (Å²) in [4.78, 5) is 10.1. The van der Waals surface area contributed by atoms with Crippen molar-refractivity contribution in [3.05, 3.63) is 57.9 Å². The molecule has 0 spiro atoms. The van der Waals surface area contributed by atoms with E-state index in [1.54, 1.807) is 12.1 Å². The number of nitrogens with zero attached hydrogens (tertiary/aromatic N) is 1. The minimum Gasteiger partial charge on any atom is -0.865 e. The van der Waals surface area contributed by atoms with E-state index in [-0.39, 0.29) is 12.3 Å². The van der Waals surface area contributed by atoms with E-state index in [0.717, 1.165) is 0 Å². The highest BCUT2D eigenvalue weighted by Gasteiger charge is 2.13. The summed E-state index contributed by atoms with van der Waals surface area (Å²) in [6, 6.07) is 8.41. The van der Waals surface area contributed by atoms with Gasteiger partial charge in [0.15, 0.2) is 0 Å². The van der Waals surface area contributed by atoms with Gasteiger partial charge in [-0.3, -0.25) is 10.1 Å². The minimum atomic E-state index is -0.767. The zero-order valence-corrected chi connectivity index (χ0v) is 11.1. The highest BCUT2D eigenvalue weighted by molar-refractivity contribution is 5.57. The summed E-state index contributed by atoms with van der Waals surface area (Å²) in [5.74, 6) is -1.25. The molecule has 0 atom stereocenters. The third-order valence-electron chi connectivity index (χ3n) is 2.83. The first-order chi connectivity index (χ1) is 10.0. The van der Waals surface area contributed by atoms with Crippen LogP contribution in [0.2, 0.25) is 0 Å². The molecular weight excluding hydrogens is 279 g/mol. The Balaban J connectivity index is 2.24. The summed E-state index contributed by atoms with van der Waals surface area (Å²) in [7, 11) is 1.27. The van der Waals surface area contributed by atoms with Crippen molar-refractivity contribution < 1.29 is 19.2 Å². The third-order valence-corrected chi connectivity index (χ3v) is 2.83. The maximum atomic E-state index is 13.0. The van der Waals surface area contributed by atoms with Crippen molar-refractivity contribution in [1.29, 1.82) is 0 Å². The second kappa shape index (κ2) is 6.08. The van der Waals surface area contributed by atoms with Gasteiger partial charge in [-0.2, -0.15) is 0 Å². The van der Waals surface area contributed by atoms with Crippen molar-refractivity contribution in [3.8, 4) is 11.5 Å². The molecule has 0 bridgehead atoms. The lowest BCUT2D eigenvalue weighted by atomic mass is 10.1. The second-order valence-corrected chi connectivity index (χ2v) is 4.27. The standard InChI is InChI=1S/C14H13FN2O4/c1-21-13-6-9(5-12(14(13)18)17(19)20)8-16-11-4-2-3-10(15)7-11/h2-7,16,18H,8H2,1H3/p-1. The predicted molar refractivity (Wildman–Crippen MR) is 72.8 cm³/mol. The van der Waals surface area contributed by atoms with E-state index < -0.39 is 22.2 Å². The van der Waals surface area contributed by atoms with Gasteiger partial charge in [-0.15, -0.1) is 0 Å². The van der Waals surface area contributed by atoms with Crippen molar-refractivity contribution in [1.82, 2.24) is 0 Å². The fraction of sp³-hybridized carbons (Fsp3) is 0.143. The molecule has 7 heteroatoms. The van der Waals surface area contributed by atoms with E-state index in [1.807, 2.05) is 0 Å². The van der Waals surface area contributed by atoms with Gasteiger partial charge < -0.3 is 15.2 Å². The van der Waals surface area contributed by atoms with Crippen LogP contribution in [0.3, 0.4) is 0 Å². The van der Waals surface area contributed by atoms with Crippen LogP contribution >= 0.6 is 0 Å². The lowest BCUT2D eigenvalue weighted by Crippen LogP contribution is -2.05. The van der Waals surface area contributed by atoms with Crippen LogP contribution in [-0.4, -0.2) is 12.0 Å². The van der Waals surface area contributed by atoms with Gasteiger partial charge in [0.1, 0.15) is 11.6 Å². The van der Waals surface area contributed by atoms with E-state index in [1.165, 1.54) is 31.4 Å². The Morgan fingerprint density at radius 1 is 1.33 bits per heavy atom. The molecule has 6 nitrogen and oxygen atoms in total. The maximum Gasteiger partial charge on any atom is 0.265 e. The van der Waals surface area contributed by atoms with E-state index in [9.17, 15) is 19.6 Å². The van der Waals surface area contributed by atoms with Crippen molar-refractivity contribution in [2.45, 2.75) is 6.54 Å². The molecule has 0 aliphatic carbocycles. The van der Waals surface area contributed by atoms with Crippen LogP contribution in [0.15, 0.2) is 36.4 Å².